The Kier molecular flexibility index (Phi) is 2.49. The van der Waals surface area contributed by atoms with Crippen LogP contribution in [0, 0.1) is 0 Å². The number of halogens is 1. The van der Waals surface area contributed by atoms with Crippen molar-refractivity contribution in [1.82, 2.24) is 5.27 Å². The molecule has 4 nitrogen and oxygen atoms in total. The summed E-state index contributed by atoms with van der Waals surface area (Å²) in [6, 6.07) is 8.00. The van der Waals surface area contributed by atoms with Gasteiger partial charge in [-0.2, -0.15) is 0 Å². The molecule has 0 saturated carbocycles. The van der Waals surface area contributed by atoms with Crippen LogP contribution in [0.1, 0.15) is 5.56 Å². The molecule has 1 aromatic heterocycles. The summed E-state index contributed by atoms with van der Waals surface area (Å²) >= 11 is 3.40. The van der Waals surface area contributed by atoms with Crippen LogP contribution in [-0.4, -0.2) is 5.27 Å². The van der Waals surface area contributed by atoms with Gasteiger partial charge in [0.2, 0.25) is 11.8 Å². The number of hydrogen-bond acceptors (Lipinski definition) is 3. The lowest BCUT2D eigenvalue weighted by Gasteiger charge is -1.93. The van der Waals surface area contributed by atoms with Gasteiger partial charge in [0.05, 0.1) is 0 Å². The number of aromatic nitrogens is 2. The van der Waals surface area contributed by atoms with Crippen molar-refractivity contribution >= 4 is 21.8 Å². The van der Waals surface area contributed by atoms with Crippen molar-refractivity contribution in [3.05, 3.63) is 40.5 Å². The van der Waals surface area contributed by atoms with E-state index in [1.165, 1.54) is 0 Å². The third-order valence-electron chi connectivity index (χ3n) is 1.76. The fourth-order valence-corrected chi connectivity index (χ4v) is 1.64. The van der Waals surface area contributed by atoms with E-state index in [0.717, 1.165) is 10.0 Å². The Morgan fingerprint density at radius 3 is 3.00 bits per heavy atom. The first-order chi connectivity index (χ1) is 6.74. The van der Waals surface area contributed by atoms with Crippen molar-refractivity contribution in [3.63, 3.8) is 0 Å². The minimum atomic E-state index is 0.319. The van der Waals surface area contributed by atoms with E-state index in [1.807, 2.05) is 24.3 Å². The first-order valence-corrected chi connectivity index (χ1v) is 4.90. The smallest absolute Gasteiger partial charge is 0.293 e. The molecule has 2 rings (SSSR count). The molecule has 0 aliphatic carbocycles. The molecule has 0 atom stereocenters. The Bertz CT molecular complexity index is 441. The van der Waals surface area contributed by atoms with Crippen LogP contribution in [0.15, 0.2) is 39.5 Å². The van der Waals surface area contributed by atoms with Gasteiger partial charge in [0, 0.05) is 10.0 Å². The molecule has 2 aromatic rings. The van der Waals surface area contributed by atoms with Gasteiger partial charge in [0.25, 0.3) is 12.1 Å². The molecule has 0 spiro atoms. The van der Waals surface area contributed by atoms with Crippen molar-refractivity contribution in [1.29, 1.82) is 0 Å². The summed E-state index contributed by atoms with van der Waals surface area (Å²) in [7, 11) is 0. The highest BCUT2D eigenvalue weighted by Gasteiger charge is 2.09. The van der Waals surface area contributed by atoms with Crippen LogP contribution >= 0.6 is 15.9 Å². The normalized spacial score (nSPS) is 10.4. The van der Waals surface area contributed by atoms with E-state index in [2.05, 4.69) is 21.2 Å². The molecular weight excluding hydrogens is 246 g/mol. The molecule has 0 saturated heterocycles. The van der Waals surface area contributed by atoms with Gasteiger partial charge in [-0.05, 0) is 16.8 Å². The summed E-state index contributed by atoms with van der Waals surface area (Å²) in [6.07, 6.45) is 1.65. The first-order valence-electron chi connectivity index (χ1n) is 4.10. The Balaban J connectivity index is 2.18. The maximum atomic E-state index is 5.40. The lowest BCUT2D eigenvalue weighted by atomic mass is 10.2. The molecule has 5 heteroatoms. The molecule has 0 bridgehead atoms. The molecule has 1 heterocycles. The number of nitrogens with two attached hydrogens (primary N) is 1. The van der Waals surface area contributed by atoms with Crippen LogP contribution < -0.4 is 10.4 Å². The molecule has 0 fully saturated rings. The largest absolute Gasteiger partial charge is 0.362 e. The third kappa shape index (κ3) is 2.11. The average Bonchev–Trinajstić information content (AvgIpc) is 2.51. The quantitative estimate of drug-likeness (QED) is 0.824. The zero-order valence-electron chi connectivity index (χ0n) is 7.35. The van der Waals surface area contributed by atoms with E-state index >= 15 is 0 Å². The SMILES string of the molecule is Nc1c[n+](Cc2cccc(Br)c2)no1. The summed E-state index contributed by atoms with van der Waals surface area (Å²) in [4.78, 5) is 0. The van der Waals surface area contributed by atoms with Gasteiger partial charge in [-0.15, -0.1) is 0 Å². The number of nitrogen functional groups attached to an aromatic ring is 1. The zero-order valence-corrected chi connectivity index (χ0v) is 8.94. The van der Waals surface area contributed by atoms with Crippen LogP contribution in [0.4, 0.5) is 5.88 Å². The molecule has 14 heavy (non-hydrogen) atoms. The van der Waals surface area contributed by atoms with E-state index in [-0.39, 0.29) is 0 Å². The van der Waals surface area contributed by atoms with Gasteiger partial charge in [-0.25, -0.2) is 0 Å². The summed E-state index contributed by atoms with van der Waals surface area (Å²) in [5, 5.41) is 3.74. The fraction of sp³-hybridized carbons (Fsp3) is 0.111. The number of nitrogens with zero attached hydrogens (tertiary/aromatic N) is 2. The highest BCUT2D eigenvalue weighted by Crippen LogP contribution is 2.11. The minimum Gasteiger partial charge on any atom is -0.362 e. The highest BCUT2D eigenvalue weighted by molar-refractivity contribution is 9.10. The maximum Gasteiger partial charge on any atom is 0.293 e. The predicted octanol–water partition coefficient (Wildman–Crippen LogP) is 1.36. The van der Waals surface area contributed by atoms with Crippen molar-refractivity contribution < 1.29 is 9.20 Å². The lowest BCUT2D eigenvalue weighted by Crippen LogP contribution is -2.35. The van der Waals surface area contributed by atoms with E-state index in [1.54, 1.807) is 10.9 Å². The van der Waals surface area contributed by atoms with Crippen molar-refractivity contribution in [2.24, 2.45) is 0 Å². The monoisotopic (exact) mass is 254 g/mol. The van der Waals surface area contributed by atoms with Crippen LogP contribution in [-0.2, 0) is 6.54 Å². The van der Waals surface area contributed by atoms with Gasteiger partial charge in [0.1, 0.15) is 0 Å². The summed E-state index contributed by atoms with van der Waals surface area (Å²) in [5.74, 6) is 0.319. The predicted molar refractivity (Wildman–Crippen MR) is 54.4 cm³/mol. The van der Waals surface area contributed by atoms with E-state index in [9.17, 15) is 0 Å². The molecule has 72 valence electrons. The van der Waals surface area contributed by atoms with Crippen molar-refractivity contribution in [2.45, 2.75) is 6.54 Å². The standard InChI is InChI=1S/C9H9BrN3O/c10-8-3-1-2-7(4-8)5-13-6-9(11)14-12-13/h1-4,6H,5,11H2/q+1. The molecular formula is C9H9BrN3O+. The summed E-state index contributed by atoms with van der Waals surface area (Å²) in [6.45, 7) is 0.653. The summed E-state index contributed by atoms with van der Waals surface area (Å²) in [5.41, 5.74) is 6.54. The molecule has 0 aliphatic heterocycles. The number of anilines is 1. The van der Waals surface area contributed by atoms with E-state index in [4.69, 9.17) is 10.3 Å². The maximum absolute atomic E-state index is 5.40. The average molecular weight is 255 g/mol. The van der Waals surface area contributed by atoms with Crippen LogP contribution in [0.5, 0.6) is 0 Å². The van der Waals surface area contributed by atoms with Gasteiger partial charge < -0.3 is 5.73 Å². The lowest BCUT2D eigenvalue weighted by molar-refractivity contribution is -0.754. The van der Waals surface area contributed by atoms with Gasteiger partial charge in [-0.1, -0.05) is 28.1 Å². The first kappa shape index (κ1) is 9.21. The zero-order chi connectivity index (χ0) is 9.97. The Labute approximate surface area is 89.4 Å². The second kappa shape index (κ2) is 3.79. The minimum absolute atomic E-state index is 0.319. The second-order valence-electron chi connectivity index (χ2n) is 2.93. The molecule has 0 aliphatic rings. The third-order valence-corrected chi connectivity index (χ3v) is 2.25. The Hall–Kier alpha value is -1.36. The fourth-order valence-electron chi connectivity index (χ4n) is 1.19. The number of benzene rings is 1. The Morgan fingerprint density at radius 2 is 2.36 bits per heavy atom. The topological polar surface area (TPSA) is 55.9 Å². The highest BCUT2D eigenvalue weighted by atomic mass is 79.9. The molecule has 0 amide bonds. The molecule has 0 radical (unpaired) electrons. The van der Waals surface area contributed by atoms with E-state index < -0.39 is 0 Å². The van der Waals surface area contributed by atoms with Gasteiger partial charge in [0.15, 0.2) is 0 Å². The number of hydrogen-bond donors (Lipinski definition) is 1. The summed E-state index contributed by atoms with van der Waals surface area (Å²) < 4.78 is 7.44. The van der Waals surface area contributed by atoms with E-state index in [0.29, 0.717) is 12.4 Å². The number of rotatable bonds is 2. The van der Waals surface area contributed by atoms with Gasteiger partial charge in [-0.3, -0.25) is 4.52 Å². The molecule has 1 aromatic carbocycles. The second-order valence-corrected chi connectivity index (χ2v) is 3.85. The molecule has 2 N–H and O–H groups in total. The van der Waals surface area contributed by atoms with Gasteiger partial charge >= 0.3 is 0 Å². The van der Waals surface area contributed by atoms with Crippen LogP contribution in [0.2, 0.25) is 0 Å². The van der Waals surface area contributed by atoms with Crippen LogP contribution in [0.25, 0.3) is 0 Å². The van der Waals surface area contributed by atoms with Crippen LogP contribution in [0.3, 0.4) is 0 Å². The Morgan fingerprint density at radius 1 is 1.50 bits per heavy atom. The molecule has 0 unspecified atom stereocenters. The van der Waals surface area contributed by atoms with Crippen molar-refractivity contribution in [2.75, 3.05) is 5.73 Å². The van der Waals surface area contributed by atoms with Crippen molar-refractivity contribution in [3.8, 4) is 0 Å².